The Morgan fingerprint density at radius 2 is 2.08 bits per heavy atom. The van der Waals surface area contributed by atoms with Gasteiger partial charge in [0.25, 0.3) is 0 Å². The van der Waals surface area contributed by atoms with Gasteiger partial charge in [-0.2, -0.15) is 5.26 Å². The summed E-state index contributed by atoms with van der Waals surface area (Å²) < 4.78 is 5.02. The molecule has 0 saturated heterocycles. The lowest BCUT2D eigenvalue weighted by Crippen LogP contribution is -2.23. The summed E-state index contributed by atoms with van der Waals surface area (Å²) in [6.07, 6.45) is 3.21. The van der Waals surface area contributed by atoms with Crippen LogP contribution >= 0.6 is 11.6 Å². The van der Waals surface area contributed by atoms with Crippen molar-refractivity contribution in [2.75, 3.05) is 6.61 Å². The Morgan fingerprint density at radius 1 is 1.25 bits per heavy atom. The summed E-state index contributed by atoms with van der Waals surface area (Å²) in [5.74, 6) is -0.338. The first-order valence-electron chi connectivity index (χ1n) is 7.36. The lowest BCUT2D eigenvalue weighted by atomic mass is 10.1. The average molecular weight is 340 g/mol. The number of nitrogens with zero attached hydrogens (tertiary/aromatic N) is 3. The molecule has 5 nitrogen and oxygen atoms in total. The van der Waals surface area contributed by atoms with Gasteiger partial charge in [-0.3, -0.25) is 0 Å². The maximum absolute atomic E-state index is 11.4. The smallest absolute Gasteiger partial charge is 0.333 e. The van der Waals surface area contributed by atoms with Gasteiger partial charge < -0.3 is 9.64 Å². The molecule has 0 saturated carbocycles. The topological polar surface area (TPSA) is 66.2 Å². The fourth-order valence-electron chi connectivity index (χ4n) is 2.49. The van der Waals surface area contributed by atoms with E-state index in [1.165, 1.54) is 6.08 Å². The number of rotatable bonds is 5. The molecular formula is C18H14ClN3O2. The monoisotopic (exact) mass is 339 g/mol. The van der Waals surface area contributed by atoms with Crippen molar-refractivity contribution < 1.29 is 9.53 Å². The minimum absolute atomic E-state index is 0.248. The molecule has 120 valence electrons. The molecule has 6 heteroatoms. The molecule has 3 rings (SSSR count). The van der Waals surface area contributed by atoms with E-state index < -0.39 is 0 Å². The zero-order valence-electron chi connectivity index (χ0n) is 12.8. The first-order valence-corrected chi connectivity index (χ1v) is 7.73. The Balaban J connectivity index is 1.84. The first-order chi connectivity index (χ1) is 11.6. The summed E-state index contributed by atoms with van der Waals surface area (Å²) in [7, 11) is 0. The Morgan fingerprint density at radius 3 is 2.75 bits per heavy atom. The molecule has 2 heterocycles. The van der Waals surface area contributed by atoms with Gasteiger partial charge in [0.2, 0.25) is 0 Å². The van der Waals surface area contributed by atoms with Crippen molar-refractivity contribution in [3.8, 4) is 6.07 Å². The van der Waals surface area contributed by atoms with Crippen LogP contribution < -0.4 is 0 Å². The number of pyridine rings is 1. The largest absolute Gasteiger partial charge is 0.456 e. The number of esters is 1. The molecule has 0 atom stereocenters. The normalized spacial score (nSPS) is 13.2. The van der Waals surface area contributed by atoms with Crippen LogP contribution in [-0.4, -0.2) is 22.5 Å². The number of ether oxygens (including phenoxy) is 1. The predicted octanol–water partition coefficient (Wildman–Crippen LogP) is 3.05. The maximum Gasteiger partial charge on any atom is 0.333 e. The van der Waals surface area contributed by atoms with Crippen LogP contribution in [0, 0.1) is 11.3 Å². The number of hydrogen-bond acceptors (Lipinski definition) is 5. The van der Waals surface area contributed by atoms with E-state index in [9.17, 15) is 4.79 Å². The highest BCUT2D eigenvalue weighted by atomic mass is 35.5. The van der Waals surface area contributed by atoms with Gasteiger partial charge >= 0.3 is 5.97 Å². The van der Waals surface area contributed by atoms with Gasteiger partial charge in [0.15, 0.2) is 0 Å². The molecule has 0 radical (unpaired) electrons. The van der Waals surface area contributed by atoms with Crippen LogP contribution in [0.25, 0.3) is 0 Å². The second kappa shape index (κ2) is 7.16. The highest BCUT2D eigenvalue weighted by Gasteiger charge is 2.20. The van der Waals surface area contributed by atoms with Gasteiger partial charge in [-0.1, -0.05) is 29.8 Å². The Hall–Kier alpha value is -2.84. The van der Waals surface area contributed by atoms with E-state index in [0.29, 0.717) is 23.8 Å². The Bertz CT molecular complexity index is 825. The number of hydrogen-bond donors (Lipinski definition) is 0. The van der Waals surface area contributed by atoms with E-state index in [-0.39, 0.29) is 12.6 Å². The molecule has 0 spiro atoms. The third kappa shape index (κ3) is 3.92. The Kier molecular flexibility index (Phi) is 4.78. The van der Waals surface area contributed by atoms with Gasteiger partial charge in [0, 0.05) is 25.4 Å². The van der Waals surface area contributed by atoms with Gasteiger partial charge in [-0.25, -0.2) is 9.78 Å². The van der Waals surface area contributed by atoms with E-state index in [1.54, 1.807) is 18.3 Å². The summed E-state index contributed by atoms with van der Waals surface area (Å²) >= 11 is 5.83. The molecular weight excluding hydrogens is 326 g/mol. The number of carbonyl (C=O) groups excluding carboxylic acids is 1. The van der Waals surface area contributed by atoms with E-state index in [0.717, 1.165) is 16.8 Å². The number of nitriles is 1. The van der Waals surface area contributed by atoms with Gasteiger partial charge in [0.1, 0.15) is 11.8 Å². The second-order valence-corrected chi connectivity index (χ2v) is 5.79. The summed E-state index contributed by atoms with van der Waals surface area (Å²) in [6.45, 7) is 1.36. The molecule has 2 aromatic rings. The minimum atomic E-state index is -0.338. The number of aromatic nitrogens is 1. The van der Waals surface area contributed by atoms with Crippen molar-refractivity contribution in [3.05, 3.63) is 76.2 Å². The van der Waals surface area contributed by atoms with Crippen molar-refractivity contribution >= 4 is 17.6 Å². The highest BCUT2D eigenvalue weighted by Crippen LogP contribution is 2.20. The number of benzene rings is 1. The molecule has 0 amide bonds. The summed E-state index contributed by atoms with van der Waals surface area (Å²) in [5.41, 5.74) is 3.36. The lowest BCUT2D eigenvalue weighted by Gasteiger charge is -2.25. The number of halogens is 1. The molecule has 1 aromatic heterocycles. The van der Waals surface area contributed by atoms with Crippen LogP contribution in [0.2, 0.25) is 5.15 Å². The van der Waals surface area contributed by atoms with Gasteiger partial charge in [-0.05, 0) is 29.3 Å². The van der Waals surface area contributed by atoms with Crippen molar-refractivity contribution in [1.29, 1.82) is 5.26 Å². The van der Waals surface area contributed by atoms with E-state index >= 15 is 0 Å². The number of cyclic esters (lactones) is 1. The standard InChI is InChI=1S/C18H14ClN3O2/c19-17-5-4-15(9-21-17)11-22(16-7-18(23)24-12-16)10-14-3-1-2-13(6-14)8-20/h1-7,9H,10-12H2. The molecule has 0 aliphatic carbocycles. The first kappa shape index (κ1) is 16.0. The van der Waals surface area contributed by atoms with Crippen molar-refractivity contribution in [1.82, 2.24) is 9.88 Å². The fraction of sp³-hybridized carbons (Fsp3) is 0.167. The average Bonchev–Trinajstić information content (AvgIpc) is 3.03. The quantitative estimate of drug-likeness (QED) is 0.618. The van der Waals surface area contributed by atoms with Crippen LogP contribution in [-0.2, 0) is 22.6 Å². The summed E-state index contributed by atoms with van der Waals surface area (Å²) in [5, 5.41) is 9.48. The van der Waals surface area contributed by atoms with Gasteiger partial charge in [-0.15, -0.1) is 0 Å². The molecule has 1 aliphatic rings. The fourth-order valence-corrected chi connectivity index (χ4v) is 2.60. The van der Waals surface area contributed by atoms with Crippen LogP contribution in [0.5, 0.6) is 0 Å². The number of carbonyl (C=O) groups is 1. The molecule has 1 aromatic carbocycles. The van der Waals surface area contributed by atoms with E-state index in [4.69, 9.17) is 21.6 Å². The van der Waals surface area contributed by atoms with E-state index in [1.807, 2.05) is 29.2 Å². The molecule has 0 fully saturated rings. The van der Waals surface area contributed by atoms with Crippen LogP contribution in [0.4, 0.5) is 0 Å². The van der Waals surface area contributed by atoms with Crippen molar-refractivity contribution in [2.24, 2.45) is 0 Å². The van der Waals surface area contributed by atoms with Crippen LogP contribution in [0.3, 0.4) is 0 Å². The highest BCUT2D eigenvalue weighted by molar-refractivity contribution is 6.29. The van der Waals surface area contributed by atoms with Crippen LogP contribution in [0.15, 0.2) is 54.4 Å². The molecule has 0 N–H and O–H groups in total. The van der Waals surface area contributed by atoms with Gasteiger partial charge in [0.05, 0.1) is 17.3 Å². The molecule has 0 bridgehead atoms. The Labute approximate surface area is 144 Å². The SMILES string of the molecule is N#Cc1cccc(CN(Cc2ccc(Cl)nc2)C2=CC(=O)OC2)c1. The zero-order chi connectivity index (χ0) is 16.9. The second-order valence-electron chi connectivity index (χ2n) is 5.40. The minimum Gasteiger partial charge on any atom is -0.456 e. The van der Waals surface area contributed by atoms with Crippen LogP contribution in [0.1, 0.15) is 16.7 Å². The third-order valence-corrected chi connectivity index (χ3v) is 3.87. The summed E-state index contributed by atoms with van der Waals surface area (Å²) in [6, 6.07) is 13.2. The molecule has 24 heavy (non-hydrogen) atoms. The van der Waals surface area contributed by atoms with Crippen molar-refractivity contribution in [3.63, 3.8) is 0 Å². The maximum atomic E-state index is 11.4. The van der Waals surface area contributed by atoms with Crippen molar-refractivity contribution in [2.45, 2.75) is 13.1 Å². The zero-order valence-corrected chi connectivity index (χ0v) is 13.5. The summed E-state index contributed by atoms with van der Waals surface area (Å²) in [4.78, 5) is 17.5. The molecule has 1 aliphatic heterocycles. The lowest BCUT2D eigenvalue weighted by molar-refractivity contribution is -0.135. The predicted molar refractivity (Wildman–Crippen MR) is 88.7 cm³/mol. The third-order valence-electron chi connectivity index (χ3n) is 3.64. The molecule has 0 unspecified atom stereocenters. The van der Waals surface area contributed by atoms with E-state index in [2.05, 4.69) is 11.1 Å².